The Labute approximate surface area is 107 Å². The summed E-state index contributed by atoms with van der Waals surface area (Å²) in [5.74, 6) is 1.40. The second kappa shape index (κ2) is 5.50. The highest BCUT2D eigenvalue weighted by atomic mass is 32.1. The zero-order chi connectivity index (χ0) is 12.3. The topological polar surface area (TPSA) is 20.3 Å². The number of carbonyl (C=O) groups is 1. The Bertz CT molecular complexity index is 386. The summed E-state index contributed by atoms with van der Waals surface area (Å²) >= 11 is 1.66. The standard InChI is InChI=1S/C14H19NOS/c1-11-8-12(2)10-15(9-11)14(16)6-5-13-4-3-7-17-13/h3-7,11-12H,8-10H2,1-2H3. The molecule has 1 aliphatic heterocycles. The van der Waals surface area contributed by atoms with Crippen molar-refractivity contribution in [2.75, 3.05) is 13.1 Å². The average Bonchev–Trinajstić information content (AvgIpc) is 2.77. The summed E-state index contributed by atoms with van der Waals surface area (Å²) in [7, 11) is 0. The van der Waals surface area contributed by atoms with Gasteiger partial charge in [0.15, 0.2) is 0 Å². The highest BCUT2D eigenvalue weighted by Gasteiger charge is 2.23. The van der Waals surface area contributed by atoms with Gasteiger partial charge in [0.25, 0.3) is 0 Å². The van der Waals surface area contributed by atoms with Crippen molar-refractivity contribution in [2.24, 2.45) is 11.8 Å². The van der Waals surface area contributed by atoms with Gasteiger partial charge in [0.1, 0.15) is 0 Å². The van der Waals surface area contributed by atoms with Crippen molar-refractivity contribution in [1.29, 1.82) is 0 Å². The number of nitrogens with zero attached hydrogens (tertiary/aromatic N) is 1. The van der Waals surface area contributed by atoms with E-state index in [1.165, 1.54) is 6.42 Å². The van der Waals surface area contributed by atoms with Gasteiger partial charge in [0.05, 0.1) is 0 Å². The third-order valence-corrected chi connectivity index (χ3v) is 3.95. The second-order valence-electron chi connectivity index (χ2n) is 5.04. The van der Waals surface area contributed by atoms with Gasteiger partial charge in [-0.2, -0.15) is 0 Å². The molecule has 2 nitrogen and oxygen atoms in total. The summed E-state index contributed by atoms with van der Waals surface area (Å²) in [5.41, 5.74) is 0. The number of hydrogen-bond donors (Lipinski definition) is 0. The summed E-state index contributed by atoms with van der Waals surface area (Å²) in [6.07, 6.45) is 4.85. The van der Waals surface area contributed by atoms with Gasteiger partial charge in [0, 0.05) is 24.0 Å². The molecule has 0 radical (unpaired) electrons. The molecule has 1 amide bonds. The first-order valence-electron chi connectivity index (χ1n) is 6.15. The molecule has 0 aliphatic carbocycles. The maximum Gasteiger partial charge on any atom is 0.246 e. The number of thiophene rings is 1. The van der Waals surface area contributed by atoms with E-state index in [1.807, 2.05) is 28.5 Å². The lowest BCUT2D eigenvalue weighted by molar-refractivity contribution is -0.128. The Morgan fingerprint density at radius 3 is 2.71 bits per heavy atom. The van der Waals surface area contributed by atoms with Gasteiger partial charge in [-0.1, -0.05) is 19.9 Å². The first kappa shape index (κ1) is 12.4. The SMILES string of the molecule is CC1CC(C)CN(C(=O)C=Cc2cccs2)C1. The Morgan fingerprint density at radius 2 is 2.12 bits per heavy atom. The summed E-state index contributed by atoms with van der Waals surface area (Å²) in [4.78, 5) is 15.1. The maximum atomic E-state index is 12.0. The van der Waals surface area contributed by atoms with Crippen LogP contribution in [-0.2, 0) is 4.79 Å². The first-order chi connectivity index (χ1) is 8.15. The van der Waals surface area contributed by atoms with E-state index >= 15 is 0 Å². The average molecular weight is 249 g/mol. The van der Waals surface area contributed by atoms with E-state index in [-0.39, 0.29) is 5.91 Å². The normalized spacial score (nSPS) is 25.4. The van der Waals surface area contributed by atoms with Crippen molar-refractivity contribution >= 4 is 23.3 Å². The third kappa shape index (κ3) is 3.43. The van der Waals surface area contributed by atoms with E-state index in [9.17, 15) is 4.79 Å². The zero-order valence-corrected chi connectivity index (χ0v) is 11.2. The van der Waals surface area contributed by atoms with E-state index in [4.69, 9.17) is 0 Å². The molecule has 1 aromatic rings. The number of hydrogen-bond acceptors (Lipinski definition) is 2. The van der Waals surface area contributed by atoms with Crippen molar-refractivity contribution in [3.8, 4) is 0 Å². The minimum absolute atomic E-state index is 0.150. The summed E-state index contributed by atoms with van der Waals surface area (Å²) in [5, 5.41) is 2.02. The monoisotopic (exact) mass is 249 g/mol. The van der Waals surface area contributed by atoms with Gasteiger partial charge < -0.3 is 4.90 Å². The van der Waals surface area contributed by atoms with Crippen LogP contribution in [0, 0.1) is 11.8 Å². The zero-order valence-electron chi connectivity index (χ0n) is 10.4. The molecule has 17 heavy (non-hydrogen) atoms. The Morgan fingerprint density at radius 1 is 1.41 bits per heavy atom. The van der Waals surface area contributed by atoms with Crippen molar-refractivity contribution in [3.05, 3.63) is 28.5 Å². The second-order valence-corrected chi connectivity index (χ2v) is 6.02. The van der Waals surface area contributed by atoms with Gasteiger partial charge >= 0.3 is 0 Å². The van der Waals surface area contributed by atoms with Crippen LogP contribution in [0.2, 0.25) is 0 Å². The smallest absolute Gasteiger partial charge is 0.246 e. The molecule has 0 saturated carbocycles. The third-order valence-electron chi connectivity index (χ3n) is 3.11. The number of likely N-dealkylation sites (tertiary alicyclic amines) is 1. The molecular weight excluding hydrogens is 230 g/mol. The molecule has 0 spiro atoms. The van der Waals surface area contributed by atoms with Crippen molar-refractivity contribution in [1.82, 2.24) is 4.90 Å². The lowest BCUT2D eigenvalue weighted by Crippen LogP contribution is -2.41. The number of rotatable bonds is 2. The van der Waals surface area contributed by atoms with Gasteiger partial charge in [-0.3, -0.25) is 4.79 Å². The van der Waals surface area contributed by atoms with Crippen LogP contribution in [0.25, 0.3) is 6.08 Å². The van der Waals surface area contributed by atoms with E-state index in [2.05, 4.69) is 13.8 Å². The molecule has 92 valence electrons. The van der Waals surface area contributed by atoms with Gasteiger partial charge in [-0.05, 0) is 35.8 Å². The molecule has 1 aromatic heterocycles. The molecule has 1 saturated heterocycles. The molecule has 2 heterocycles. The molecular formula is C14H19NOS. The largest absolute Gasteiger partial charge is 0.339 e. The van der Waals surface area contributed by atoms with Gasteiger partial charge in [0.2, 0.25) is 5.91 Å². The molecule has 0 bridgehead atoms. The van der Waals surface area contributed by atoms with Crippen LogP contribution in [-0.4, -0.2) is 23.9 Å². The molecule has 3 heteroatoms. The van der Waals surface area contributed by atoms with E-state index in [0.29, 0.717) is 11.8 Å². The van der Waals surface area contributed by atoms with E-state index < -0.39 is 0 Å². The number of carbonyl (C=O) groups excluding carboxylic acids is 1. The first-order valence-corrected chi connectivity index (χ1v) is 7.03. The van der Waals surface area contributed by atoms with Crippen LogP contribution in [0.5, 0.6) is 0 Å². The van der Waals surface area contributed by atoms with E-state index in [1.54, 1.807) is 17.4 Å². The minimum atomic E-state index is 0.150. The lowest BCUT2D eigenvalue weighted by Gasteiger charge is -2.34. The fraction of sp³-hybridized carbons (Fsp3) is 0.500. The van der Waals surface area contributed by atoms with Crippen LogP contribution in [0.4, 0.5) is 0 Å². The molecule has 2 atom stereocenters. The van der Waals surface area contributed by atoms with Crippen molar-refractivity contribution in [3.63, 3.8) is 0 Å². The molecule has 0 aromatic carbocycles. The Kier molecular flexibility index (Phi) is 4.00. The maximum absolute atomic E-state index is 12.0. The highest BCUT2D eigenvalue weighted by molar-refractivity contribution is 7.10. The van der Waals surface area contributed by atoms with Crippen LogP contribution in [0.1, 0.15) is 25.1 Å². The Hall–Kier alpha value is -1.09. The van der Waals surface area contributed by atoms with Gasteiger partial charge in [-0.25, -0.2) is 0 Å². The van der Waals surface area contributed by atoms with Crippen molar-refractivity contribution < 1.29 is 4.79 Å². The highest BCUT2D eigenvalue weighted by Crippen LogP contribution is 2.21. The Balaban J connectivity index is 1.95. The lowest BCUT2D eigenvalue weighted by atomic mass is 9.92. The van der Waals surface area contributed by atoms with E-state index in [0.717, 1.165) is 18.0 Å². The predicted molar refractivity (Wildman–Crippen MR) is 72.9 cm³/mol. The van der Waals surface area contributed by atoms with Crippen LogP contribution in [0.3, 0.4) is 0 Å². The fourth-order valence-corrected chi connectivity index (χ4v) is 3.11. The molecule has 2 rings (SSSR count). The quantitative estimate of drug-likeness (QED) is 0.737. The van der Waals surface area contributed by atoms with Crippen LogP contribution in [0.15, 0.2) is 23.6 Å². The van der Waals surface area contributed by atoms with Crippen molar-refractivity contribution in [2.45, 2.75) is 20.3 Å². The predicted octanol–water partition coefficient (Wildman–Crippen LogP) is 3.27. The molecule has 2 unspecified atom stereocenters. The van der Waals surface area contributed by atoms with Crippen LogP contribution >= 0.6 is 11.3 Å². The molecule has 1 fully saturated rings. The molecule has 0 N–H and O–H groups in total. The summed E-state index contributed by atoms with van der Waals surface area (Å²) in [6, 6.07) is 4.02. The number of piperidine rings is 1. The molecule has 1 aliphatic rings. The fourth-order valence-electron chi connectivity index (χ4n) is 2.49. The number of amides is 1. The minimum Gasteiger partial charge on any atom is -0.339 e. The van der Waals surface area contributed by atoms with Crippen LogP contribution < -0.4 is 0 Å². The summed E-state index contributed by atoms with van der Waals surface area (Å²) in [6.45, 7) is 6.24. The van der Waals surface area contributed by atoms with Gasteiger partial charge in [-0.15, -0.1) is 11.3 Å². The summed E-state index contributed by atoms with van der Waals surface area (Å²) < 4.78 is 0.